The second-order valence-electron chi connectivity index (χ2n) is 6.34. The molecule has 0 aromatic heterocycles. The van der Waals surface area contributed by atoms with Gasteiger partial charge in [-0.25, -0.2) is 0 Å². The van der Waals surface area contributed by atoms with Crippen LogP contribution < -0.4 is 5.32 Å². The summed E-state index contributed by atoms with van der Waals surface area (Å²) in [7, 11) is 0. The summed E-state index contributed by atoms with van der Waals surface area (Å²) in [5.74, 6) is 1.66. The molecule has 1 N–H and O–H groups in total. The van der Waals surface area contributed by atoms with Gasteiger partial charge < -0.3 is 5.32 Å². The minimum absolute atomic E-state index is 0.0221. The smallest absolute Gasteiger partial charge is 0.244 e. The molecule has 3 atom stereocenters. The van der Waals surface area contributed by atoms with Crippen LogP contribution in [0.3, 0.4) is 0 Å². The number of halogens is 1. The highest BCUT2D eigenvalue weighted by Crippen LogP contribution is 2.48. The Hall–Kier alpha value is -1.35. The highest BCUT2D eigenvalue weighted by Gasteiger charge is 2.35. The Kier molecular flexibility index (Phi) is 6.01. The Morgan fingerprint density at radius 2 is 1.91 bits per heavy atom. The average Bonchev–Trinajstić information content (AvgIpc) is 3.24. The van der Waals surface area contributed by atoms with E-state index in [2.05, 4.69) is 65.4 Å². The molecule has 0 saturated heterocycles. The van der Waals surface area contributed by atoms with Gasteiger partial charge in [-0.15, -0.1) is 0 Å². The number of carbonyl (C=O) groups is 1. The number of benzene rings is 1. The van der Waals surface area contributed by atoms with Gasteiger partial charge in [0.2, 0.25) is 5.91 Å². The molecular formula is C19H24BrNO. The second-order valence-corrected chi connectivity index (χ2v) is 7.26. The Bertz CT molecular complexity index is 559. The fraction of sp³-hybridized carbons (Fsp3) is 0.421. The zero-order valence-corrected chi connectivity index (χ0v) is 15.0. The fourth-order valence-electron chi connectivity index (χ4n) is 2.31. The summed E-state index contributed by atoms with van der Waals surface area (Å²) >= 11 is 3.46. The summed E-state index contributed by atoms with van der Waals surface area (Å²) in [6.07, 6.45) is 8.82. The summed E-state index contributed by atoms with van der Waals surface area (Å²) in [6.45, 7) is 6.23. The Morgan fingerprint density at radius 3 is 2.55 bits per heavy atom. The SMILES string of the molecule is CC(C)C(C)NC(=O)C=CC=CC1CC1c1ccc(Br)cc1. The van der Waals surface area contributed by atoms with E-state index in [1.165, 1.54) is 12.0 Å². The normalized spacial score (nSPS) is 22.4. The fourth-order valence-corrected chi connectivity index (χ4v) is 2.57. The maximum absolute atomic E-state index is 11.7. The van der Waals surface area contributed by atoms with E-state index in [-0.39, 0.29) is 11.9 Å². The van der Waals surface area contributed by atoms with Crippen molar-refractivity contribution in [3.63, 3.8) is 0 Å². The first-order valence-corrected chi connectivity index (χ1v) is 8.67. The monoisotopic (exact) mass is 361 g/mol. The first kappa shape index (κ1) is 17.0. The van der Waals surface area contributed by atoms with E-state index in [1.54, 1.807) is 6.08 Å². The van der Waals surface area contributed by atoms with Crippen molar-refractivity contribution in [2.75, 3.05) is 0 Å². The molecule has 3 heteroatoms. The van der Waals surface area contributed by atoms with Crippen LogP contribution in [0.5, 0.6) is 0 Å². The maximum Gasteiger partial charge on any atom is 0.244 e. The molecule has 1 aromatic rings. The van der Waals surface area contributed by atoms with E-state index >= 15 is 0 Å². The van der Waals surface area contributed by atoms with E-state index in [9.17, 15) is 4.79 Å². The first-order valence-electron chi connectivity index (χ1n) is 7.88. The van der Waals surface area contributed by atoms with Gasteiger partial charge in [0.15, 0.2) is 0 Å². The van der Waals surface area contributed by atoms with Gasteiger partial charge in [0, 0.05) is 16.6 Å². The summed E-state index contributed by atoms with van der Waals surface area (Å²) < 4.78 is 1.12. The van der Waals surface area contributed by atoms with Crippen LogP contribution in [0.15, 0.2) is 53.0 Å². The number of carbonyl (C=O) groups excluding carboxylic acids is 1. The molecule has 1 fully saturated rings. The average molecular weight is 362 g/mol. The van der Waals surface area contributed by atoms with Crippen LogP contribution in [0.2, 0.25) is 0 Å². The van der Waals surface area contributed by atoms with Gasteiger partial charge in [0.1, 0.15) is 0 Å². The number of nitrogens with one attached hydrogen (secondary N) is 1. The molecule has 0 spiro atoms. The summed E-state index contributed by atoms with van der Waals surface area (Å²) in [5.41, 5.74) is 1.39. The predicted molar refractivity (Wildman–Crippen MR) is 95.7 cm³/mol. The van der Waals surface area contributed by atoms with Gasteiger partial charge >= 0.3 is 0 Å². The standard InChI is InChI=1S/C19H24BrNO/c1-13(2)14(3)21-19(22)7-5-4-6-16-12-18(16)15-8-10-17(20)11-9-15/h4-11,13-14,16,18H,12H2,1-3H3,(H,21,22). The molecule has 118 valence electrons. The lowest BCUT2D eigenvalue weighted by Gasteiger charge is -2.15. The highest BCUT2D eigenvalue weighted by molar-refractivity contribution is 9.10. The molecule has 2 rings (SSSR count). The van der Waals surface area contributed by atoms with Crippen LogP contribution in [-0.4, -0.2) is 11.9 Å². The molecule has 1 saturated carbocycles. The van der Waals surface area contributed by atoms with E-state index in [1.807, 2.05) is 19.1 Å². The number of amides is 1. The minimum Gasteiger partial charge on any atom is -0.350 e. The summed E-state index contributed by atoms with van der Waals surface area (Å²) in [5, 5.41) is 2.96. The zero-order chi connectivity index (χ0) is 16.1. The van der Waals surface area contributed by atoms with Crippen molar-refractivity contribution in [1.82, 2.24) is 5.32 Å². The van der Waals surface area contributed by atoms with E-state index in [0.717, 1.165) is 4.47 Å². The third kappa shape index (κ3) is 5.13. The Labute approximate surface area is 141 Å². The van der Waals surface area contributed by atoms with Crippen LogP contribution >= 0.6 is 15.9 Å². The number of rotatable bonds is 6. The summed E-state index contributed by atoms with van der Waals surface area (Å²) in [6, 6.07) is 8.74. The third-order valence-electron chi connectivity index (χ3n) is 4.22. The topological polar surface area (TPSA) is 29.1 Å². The van der Waals surface area contributed by atoms with Gasteiger partial charge in [-0.05, 0) is 48.8 Å². The number of hydrogen-bond donors (Lipinski definition) is 1. The molecule has 1 aliphatic carbocycles. The van der Waals surface area contributed by atoms with Crippen molar-refractivity contribution >= 4 is 21.8 Å². The van der Waals surface area contributed by atoms with Gasteiger partial charge in [0.25, 0.3) is 0 Å². The molecule has 0 heterocycles. The van der Waals surface area contributed by atoms with Crippen LogP contribution in [0.4, 0.5) is 0 Å². The van der Waals surface area contributed by atoms with Crippen molar-refractivity contribution in [1.29, 1.82) is 0 Å². The van der Waals surface area contributed by atoms with Crippen LogP contribution in [0.1, 0.15) is 38.7 Å². The van der Waals surface area contributed by atoms with E-state index < -0.39 is 0 Å². The first-order chi connectivity index (χ1) is 10.5. The Morgan fingerprint density at radius 1 is 1.23 bits per heavy atom. The maximum atomic E-state index is 11.7. The molecule has 1 amide bonds. The van der Waals surface area contributed by atoms with Crippen molar-refractivity contribution < 1.29 is 4.79 Å². The quantitative estimate of drug-likeness (QED) is 0.570. The van der Waals surface area contributed by atoms with Gasteiger partial charge in [0.05, 0.1) is 0 Å². The molecular weight excluding hydrogens is 338 g/mol. The molecule has 2 nitrogen and oxygen atoms in total. The predicted octanol–water partition coefficient (Wildman–Crippen LogP) is 4.83. The minimum atomic E-state index is -0.0221. The molecule has 1 aliphatic rings. The van der Waals surface area contributed by atoms with Crippen molar-refractivity contribution in [3.05, 3.63) is 58.6 Å². The van der Waals surface area contributed by atoms with Gasteiger partial charge in [-0.1, -0.05) is 60.1 Å². The highest BCUT2D eigenvalue weighted by atomic mass is 79.9. The summed E-state index contributed by atoms with van der Waals surface area (Å²) in [4.78, 5) is 11.7. The lowest BCUT2D eigenvalue weighted by atomic mass is 10.1. The molecule has 22 heavy (non-hydrogen) atoms. The Balaban J connectivity index is 1.76. The second kappa shape index (κ2) is 7.77. The molecule has 3 unspecified atom stereocenters. The molecule has 0 bridgehead atoms. The lowest BCUT2D eigenvalue weighted by molar-refractivity contribution is -0.117. The van der Waals surface area contributed by atoms with E-state index in [0.29, 0.717) is 17.8 Å². The van der Waals surface area contributed by atoms with Crippen molar-refractivity contribution in [2.45, 2.75) is 39.2 Å². The molecule has 0 aliphatic heterocycles. The third-order valence-corrected chi connectivity index (χ3v) is 4.75. The zero-order valence-electron chi connectivity index (χ0n) is 13.4. The van der Waals surface area contributed by atoms with Crippen LogP contribution in [-0.2, 0) is 4.79 Å². The number of hydrogen-bond acceptors (Lipinski definition) is 1. The largest absolute Gasteiger partial charge is 0.350 e. The van der Waals surface area contributed by atoms with Crippen LogP contribution in [0.25, 0.3) is 0 Å². The lowest BCUT2D eigenvalue weighted by Crippen LogP contribution is -2.34. The van der Waals surface area contributed by atoms with Crippen LogP contribution in [0, 0.1) is 11.8 Å². The van der Waals surface area contributed by atoms with Crippen molar-refractivity contribution in [2.24, 2.45) is 11.8 Å². The van der Waals surface area contributed by atoms with E-state index in [4.69, 9.17) is 0 Å². The molecule has 1 aromatic carbocycles. The molecule has 0 radical (unpaired) electrons. The number of allylic oxidation sites excluding steroid dienone is 3. The van der Waals surface area contributed by atoms with Gasteiger partial charge in [-0.3, -0.25) is 4.79 Å². The van der Waals surface area contributed by atoms with Crippen molar-refractivity contribution in [3.8, 4) is 0 Å². The van der Waals surface area contributed by atoms with Gasteiger partial charge in [-0.2, -0.15) is 0 Å².